The van der Waals surface area contributed by atoms with Crippen LogP contribution in [-0.2, 0) is 12.8 Å². The minimum Gasteiger partial charge on any atom is -0.258 e. The summed E-state index contributed by atoms with van der Waals surface area (Å²) in [5.41, 5.74) is 8.31. The highest BCUT2D eigenvalue weighted by Crippen LogP contribution is 2.34. The van der Waals surface area contributed by atoms with Gasteiger partial charge < -0.3 is 0 Å². The second kappa shape index (κ2) is 5.30. The summed E-state index contributed by atoms with van der Waals surface area (Å²) in [5.74, 6) is 0. The van der Waals surface area contributed by atoms with Gasteiger partial charge >= 0.3 is 0 Å². The molecular formula is C19H17N3O2. The van der Waals surface area contributed by atoms with Gasteiger partial charge in [0.05, 0.1) is 16.3 Å². The van der Waals surface area contributed by atoms with E-state index in [1.54, 1.807) is 12.1 Å². The van der Waals surface area contributed by atoms with E-state index in [1.807, 2.05) is 10.9 Å². The summed E-state index contributed by atoms with van der Waals surface area (Å²) in [6.07, 6.45) is 4.03. The number of nitro benzene ring substituents is 1. The van der Waals surface area contributed by atoms with Gasteiger partial charge in [-0.05, 0) is 67.1 Å². The fourth-order valence-electron chi connectivity index (χ4n) is 3.25. The maximum atomic E-state index is 10.8. The quantitative estimate of drug-likeness (QED) is 0.526. The fourth-order valence-corrected chi connectivity index (χ4v) is 3.25. The lowest BCUT2D eigenvalue weighted by molar-refractivity contribution is -0.384. The van der Waals surface area contributed by atoms with Crippen molar-refractivity contribution >= 4 is 5.69 Å². The number of benzene rings is 2. The Balaban J connectivity index is 1.78. The molecule has 3 aromatic rings. The van der Waals surface area contributed by atoms with Crippen molar-refractivity contribution in [3.05, 3.63) is 75.0 Å². The first-order valence-electron chi connectivity index (χ1n) is 7.97. The number of hydrogen-bond acceptors (Lipinski definition) is 3. The zero-order chi connectivity index (χ0) is 16.8. The normalized spacial score (nSPS) is 12.6. The molecule has 0 aliphatic heterocycles. The number of aryl methyl sites for hydroxylation is 4. The summed E-state index contributed by atoms with van der Waals surface area (Å²) < 4.78 is 1.82. The van der Waals surface area contributed by atoms with Gasteiger partial charge in [0.2, 0.25) is 0 Å². The molecular weight excluding hydrogens is 302 g/mol. The third-order valence-corrected chi connectivity index (χ3v) is 4.75. The van der Waals surface area contributed by atoms with Crippen molar-refractivity contribution in [1.29, 1.82) is 0 Å². The monoisotopic (exact) mass is 319 g/mol. The second-order valence-corrected chi connectivity index (χ2v) is 6.31. The number of non-ortho nitro benzene ring substituents is 1. The molecule has 1 aromatic heterocycles. The average Bonchev–Trinajstić information content (AvgIpc) is 3.01. The van der Waals surface area contributed by atoms with E-state index < -0.39 is 0 Å². The minimum atomic E-state index is -0.390. The van der Waals surface area contributed by atoms with Crippen molar-refractivity contribution in [2.75, 3.05) is 0 Å². The van der Waals surface area contributed by atoms with Crippen LogP contribution >= 0.6 is 0 Å². The first kappa shape index (κ1) is 14.6. The van der Waals surface area contributed by atoms with Gasteiger partial charge in [0.25, 0.3) is 5.69 Å². The van der Waals surface area contributed by atoms with E-state index in [4.69, 9.17) is 5.10 Å². The number of nitro groups is 1. The first-order chi connectivity index (χ1) is 11.5. The van der Waals surface area contributed by atoms with Crippen LogP contribution < -0.4 is 0 Å². The van der Waals surface area contributed by atoms with E-state index in [1.165, 1.54) is 39.9 Å². The van der Waals surface area contributed by atoms with Crippen LogP contribution in [0.3, 0.4) is 0 Å². The van der Waals surface area contributed by atoms with Crippen LogP contribution in [0, 0.1) is 24.0 Å². The number of hydrogen-bond donors (Lipinski definition) is 0. The van der Waals surface area contributed by atoms with Crippen LogP contribution in [0.4, 0.5) is 5.69 Å². The number of aromatic nitrogens is 2. The third-order valence-electron chi connectivity index (χ3n) is 4.75. The molecule has 0 radical (unpaired) electrons. The number of nitrogens with zero attached hydrogens (tertiary/aromatic N) is 3. The minimum absolute atomic E-state index is 0.0899. The summed E-state index contributed by atoms with van der Waals surface area (Å²) in [6.45, 7) is 4.26. The molecule has 5 heteroatoms. The zero-order valence-electron chi connectivity index (χ0n) is 13.6. The maximum Gasteiger partial charge on any atom is 0.269 e. The van der Waals surface area contributed by atoms with E-state index in [0.717, 1.165) is 24.2 Å². The average molecular weight is 319 g/mol. The van der Waals surface area contributed by atoms with E-state index >= 15 is 0 Å². The Hall–Kier alpha value is -2.95. The molecule has 4 rings (SSSR count). The molecule has 0 spiro atoms. The Morgan fingerprint density at radius 1 is 1.04 bits per heavy atom. The molecule has 0 N–H and O–H groups in total. The van der Waals surface area contributed by atoms with Crippen molar-refractivity contribution in [1.82, 2.24) is 9.78 Å². The van der Waals surface area contributed by atoms with Crippen molar-refractivity contribution in [3.8, 4) is 16.9 Å². The molecule has 0 unspecified atom stereocenters. The molecule has 0 amide bonds. The van der Waals surface area contributed by atoms with Gasteiger partial charge in [-0.3, -0.25) is 10.1 Å². The van der Waals surface area contributed by atoms with Gasteiger partial charge in [-0.2, -0.15) is 5.10 Å². The van der Waals surface area contributed by atoms with Crippen LogP contribution in [0.5, 0.6) is 0 Å². The summed E-state index contributed by atoms with van der Waals surface area (Å²) in [7, 11) is 0. The van der Waals surface area contributed by atoms with Gasteiger partial charge in [-0.1, -0.05) is 6.07 Å². The standard InChI is InChI=1S/C19H17N3O2/c1-12-9-14-3-4-15-11-21(20-19(15)18(14)10-13(12)2)16-5-7-17(8-6-16)22(23)24/h5-11H,3-4H2,1-2H3. The topological polar surface area (TPSA) is 61.0 Å². The van der Waals surface area contributed by atoms with Crippen molar-refractivity contribution in [3.63, 3.8) is 0 Å². The lowest BCUT2D eigenvalue weighted by atomic mass is 9.88. The Bertz CT molecular complexity index is 955. The largest absolute Gasteiger partial charge is 0.269 e. The molecule has 0 saturated heterocycles. The number of fused-ring (bicyclic) bond motifs is 3. The SMILES string of the molecule is Cc1cc2c(cc1C)-c1nn(-c3ccc([N+](=O)[O-])cc3)cc1CC2. The van der Waals surface area contributed by atoms with Crippen molar-refractivity contribution < 1.29 is 4.92 Å². The smallest absolute Gasteiger partial charge is 0.258 e. The molecule has 0 bridgehead atoms. The van der Waals surface area contributed by atoms with Crippen LogP contribution in [-0.4, -0.2) is 14.7 Å². The Kier molecular flexibility index (Phi) is 3.23. The van der Waals surface area contributed by atoms with Gasteiger partial charge in [-0.25, -0.2) is 4.68 Å². The van der Waals surface area contributed by atoms with Crippen LogP contribution in [0.2, 0.25) is 0 Å². The van der Waals surface area contributed by atoms with Gasteiger partial charge in [0.1, 0.15) is 0 Å². The highest BCUT2D eigenvalue weighted by Gasteiger charge is 2.21. The fraction of sp³-hybridized carbons (Fsp3) is 0.211. The summed E-state index contributed by atoms with van der Waals surface area (Å²) in [4.78, 5) is 10.4. The van der Waals surface area contributed by atoms with Gasteiger partial charge in [0, 0.05) is 23.9 Å². The van der Waals surface area contributed by atoms with E-state index in [9.17, 15) is 10.1 Å². The summed E-state index contributed by atoms with van der Waals surface area (Å²) in [5, 5.41) is 15.5. The predicted octanol–water partition coefficient (Wildman–Crippen LogP) is 4.16. The van der Waals surface area contributed by atoms with Gasteiger partial charge in [-0.15, -0.1) is 0 Å². The third kappa shape index (κ3) is 2.29. The molecule has 1 aliphatic carbocycles. The lowest BCUT2D eigenvalue weighted by Gasteiger charge is -2.17. The maximum absolute atomic E-state index is 10.8. The van der Waals surface area contributed by atoms with E-state index in [0.29, 0.717) is 0 Å². The highest BCUT2D eigenvalue weighted by molar-refractivity contribution is 5.71. The highest BCUT2D eigenvalue weighted by atomic mass is 16.6. The van der Waals surface area contributed by atoms with E-state index in [2.05, 4.69) is 26.0 Å². The molecule has 0 atom stereocenters. The molecule has 1 aliphatic rings. The Morgan fingerprint density at radius 2 is 1.71 bits per heavy atom. The first-order valence-corrected chi connectivity index (χ1v) is 7.97. The molecule has 1 heterocycles. The molecule has 5 nitrogen and oxygen atoms in total. The van der Waals surface area contributed by atoms with Gasteiger partial charge in [0.15, 0.2) is 0 Å². The molecule has 0 fully saturated rings. The zero-order valence-corrected chi connectivity index (χ0v) is 13.6. The van der Waals surface area contributed by atoms with Crippen LogP contribution in [0.25, 0.3) is 16.9 Å². The molecule has 2 aromatic carbocycles. The van der Waals surface area contributed by atoms with E-state index in [-0.39, 0.29) is 10.6 Å². The van der Waals surface area contributed by atoms with Crippen molar-refractivity contribution in [2.45, 2.75) is 26.7 Å². The predicted molar refractivity (Wildman–Crippen MR) is 92.5 cm³/mol. The number of rotatable bonds is 2. The second-order valence-electron chi connectivity index (χ2n) is 6.31. The molecule has 24 heavy (non-hydrogen) atoms. The Morgan fingerprint density at radius 3 is 2.42 bits per heavy atom. The lowest BCUT2D eigenvalue weighted by Crippen LogP contribution is -2.03. The molecule has 0 saturated carbocycles. The Labute approximate surface area is 139 Å². The molecule has 120 valence electrons. The summed E-state index contributed by atoms with van der Waals surface area (Å²) in [6, 6.07) is 11.0. The van der Waals surface area contributed by atoms with Crippen LogP contribution in [0.15, 0.2) is 42.6 Å². The van der Waals surface area contributed by atoms with Crippen molar-refractivity contribution in [2.24, 2.45) is 0 Å². The van der Waals surface area contributed by atoms with Crippen LogP contribution in [0.1, 0.15) is 22.3 Å². The summed E-state index contributed by atoms with van der Waals surface area (Å²) >= 11 is 0.